The first kappa shape index (κ1) is 14.8. The summed E-state index contributed by atoms with van der Waals surface area (Å²) in [4.78, 5) is 1.76. The molecule has 0 aliphatic rings. The second-order valence-electron chi connectivity index (χ2n) is 4.13. The monoisotopic (exact) mass is 289 g/mol. The molecule has 100 valence electrons. The van der Waals surface area contributed by atoms with Crippen molar-refractivity contribution in [3.63, 3.8) is 0 Å². The highest BCUT2D eigenvalue weighted by atomic mass is 35.5. The van der Waals surface area contributed by atoms with Gasteiger partial charge in [0.2, 0.25) is 0 Å². The number of benzene rings is 1. The zero-order valence-electron chi connectivity index (χ0n) is 10.3. The number of anilines is 1. The molecule has 1 aromatic rings. The molecule has 0 fully saturated rings. The molecule has 5 nitrogen and oxygen atoms in total. The molecule has 0 aliphatic carbocycles. The van der Waals surface area contributed by atoms with E-state index in [1.807, 2.05) is 0 Å². The van der Waals surface area contributed by atoms with Crippen LogP contribution in [0.1, 0.15) is 5.56 Å². The summed E-state index contributed by atoms with van der Waals surface area (Å²) in [6.45, 7) is 0.359. The van der Waals surface area contributed by atoms with Gasteiger partial charge < -0.3 is 10.6 Å². The van der Waals surface area contributed by atoms with E-state index in [9.17, 15) is 8.42 Å². The van der Waals surface area contributed by atoms with Crippen molar-refractivity contribution < 1.29 is 8.42 Å². The molecule has 18 heavy (non-hydrogen) atoms. The molecule has 0 aliphatic heterocycles. The quantitative estimate of drug-likeness (QED) is 0.628. The van der Waals surface area contributed by atoms with Crippen LogP contribution in [-0.4, -0.2) is 39.9 Å². The average molecular weight is 290 g/mol. The summed E-state index contributed by atoms with van der Waals surface area (Å²) < 4.78 is 22.2. The Morgan fingerprint density at radius 1 is 1.50 bits per heavy atom. The van der Waals surface area contributed by atoms with Crippen molar-refractivity contribution >= 4 is 33.0 Å². The van der Waals surface area contributed by atoms with Gasteiger partial charge in [-0.1, -0.05) is 11.6 Å². The molecule has 0 saturated carbocycles. The van der Waals surface area contributed by atoms with Crippen LogP contribution in [0.3, 0.4) is 0 Å². The number of nitrogens with zero attached hydrogens (tertiary/aromatic N) is 1. The molecule has 0 aromatic heterocycles. The predicted molar refractivity (Wildman–Crippen MR) is 75.4 cm³/mol. The Bertz CT molecular complexity index is 557. The Hall–Kier alpha value is -1.27. The van der Waals surface area contributed by atoms with Crippen LogP contribution in [0.2, 0.25) is 5.02 Å². The number of nitrogen functional groups attached to an aromatic ring is 1. The van der Waals surface area contributed by atoms with Crippen LogP contribution in [0.4, 0.5) is 5.69 Å². The predicted octanol–water partition coefficient (Wildman–Crippen LogP) is 1.10. The van der Waals surface area contributed by atoms with Gasteiger partial charge in [-0.25, -0.2) is 8.42 Å². The number of nitrogens with one attached hydrogen (secondary N) is 1. The topological polar surface area (TPSA) is 87.2 Å². The van der Waals surface area contributed by atoms with E-state index in [-0.39, 0.29) is 11.6 Å². The number of rotatable bonds is 5. The summed E-state index contributed by atoms with van der Waals surface area (Å²) in [6.07, 6.45) is 1.20. The Morgan fingerprint density at radius 3 is 2.56 bits per heavy atom. The second kappa shape index (κ2) is 5.58. The first-order valence-electron chi connectivity index (χ1n) is 5.23. The zero-order valence-corrected chi connectivity index (χ0v) is 11.8. The number of amidine groups is 1. The summed E-state index contributed by atoms with van der Waals surface area (Å²) in [5.74, 6) is 0.0103. The van der Waals surface area contributed by atoms with E-state index in [4.69, 9.17) is 22.7 Å². The van der Waals surface area contributed by atoms with Gasteiger partial charge in [0, 0.05) is 25.4 Å². The number of hydrogen-bond acceptors (Lipinski definition) is 4. The van der Waals surface area contributed by atoms with Gasteiger partial charge in [-0.2, -0.15) is 0 Å². The molecular weight excluding hydrogens is 274 g/mol. The van der Waals surface area contributed by atoms with Crippen molar-refractivity contribution in [2.75, 3.05) is 30.5 Å². The van der Waals surface area contributed by atoms with E-state index in [0.29, 0.717) is 22.8 Å². The lowest BCUT2D eigenvalue weighted by molar-refractivity contribution is 0.601. The van der Waals surface area contributed by atoms with E-state index < -0.39 is 9.84 Å². The summed E-state index contributed by atoms with van der Waals surface area (Å²) in [5, 5.41) is 7.74. The number of halogens is 1. The highest BCUT2D eigenvalue weighted by Crippen LogP contribution is 2.25. The van der Waals surface area contributed by atoms with E-state index in [1.165, 1.54) is 6.26 Å². The fourth-order valence-corrected chi connectivity index (χ4v) is 2.34. The van der Waals surface area contributed by atoms with Gasteiger partial charge in [0.25, 0.3) is 0 Å². The highest BCUT2D eigenvalue weighted by molar-refractivity contribution is 7.90. The molecule has 3 N–H and O–H groups in total. The largest absolute Gasteiger partial charge is 0.384 e. The number of hydrogen-bond donors (Lipinski definition) is 2. The Morgan fingerprint density at radius 2 is 2.11 bits per heavy atom. The number of nitrogens with two attached hydrogens (primary N) is 1. The molecule has 0 atom stereocenters. The molecule has 0 saturated heterocycles. The van der Waals surface area contributed by atoms with Gasteiger partial charge in [0.05, 0.1) is 16.5 Å². The third kappa shape index (κ3) is 4.19. The molecule has 0 spiro atoms. The molecule has 1 aromatic carbocycles. The zero-order chi connectivity index (χ0) is 13.9. The van der Waals surface area contributed by atoms with Crippen LogP contribution in [0, 0.1) is 5.41 Å². The van der Waals surface area contributed by atoms with Crippen molar-refractivity contribution in [1.29, 1.82) is 5.41 Å². The lowest BCUT2D eigenvalue weighted by Gasteiger charge is -2.20. The smallest absolute Gasteiger partial charge is 0.149 e. The van der Waals surface area contributed by atoms with Crippen LogP contribution in [-0.2, 0) is 9.84 Å². The first-order valence-corrected chi connectivity index (χ1v) is 7.67. The maximum Gasteiger partial charge on any atom is 0.149 e. The van der Waals surface area contributed by atoms with Crippen molar-refractivity contribution in [2.24, 2.45) is 5.73 Å². The van der Waals surface area contributed by atoms with Crippen molar-refractivity contribution in [3.8, 4) is 0 Å². The lowest BCUT2D eigenvalue weighted by atomic mass is 10.2. The molecule has 1 rings (SSSR count). The SMILES string of the molecule is CN(CCS(C)(=O)=O)c1ccc(C(=N)N)cc1Cl. The molecule has 0 bridgehead atoms. The molecule has 0 radical (unpaired) electrons. The Balaban J connectivity index is 2.87. The normalized spacial score (nSPS) is 11.3. The first-order chi connectivity index (χ1) is 8.20. The van der Waals surface area contributed by atoms with Crippen LogP contribution in [0.15, 0.2) is 18.2 Å². The Kier molecular flexibility index (Phi) is 4.59. The van der Waals surface area contributed by atoms with E-state index >= 15 is 0 Å². The molecule has 7 heteroatoms. The van der Waals surface area contributed by atoms with Gasteiger partial charge in [0.15, 0.2) is 0 Å². The minimum atomic E-state index is -3.00. The second-order valence-corrected chi connectivity index (χ2v) is 6.80. The minimum Gasteiger partial charge on any atom is -0.384 e. The van der Waals surface area contributed by atoms with Gasteiger partial charge in [-0.3, -0.25) is 5.41 Å². The molecule has 0 unspecified atom stereocenters. The van der Waals surface area contributed by atoms with Crippen LogP contribution < -0.4 is 10.6 Å². The van der Waals surface area contributed by atoms with Gasteiger partial charge in [-0.05, 0) is 18.2 Å². The maximum atomic E-state index is 11.1. The van der Waals surface area contributed by atoms with Crippen LogP contribution in [0.25, 0.3) is 0 Å². The van der Waals surface area contributed by atoms with Crippen LogP contribution in [0.5, 0.6) is 0 Å². The van der Waals surface area contributed by atoms with E-state index in [0.717, 1.165) is 0 Å². The number of sulfone groups is 1. The van der Waals surface area contributed by atoms with Gasteiger partial charge in [-0.15, -0.1) is 0 Å². The fourth-order valence-electron chi connectivity index (χ4n) is 1.41. The maximum absolute atomic E-state index is 11.1. The average Bonchev–Trinajstić information content (AvgIpc) is 2.24. The third-order valence-corrected chi connectivity index (χ3v) is 3.69. The standard InChI is InChI=1S/C11H16ClN3O2S/c1-15(5-6-18(2,16)17)10-4-3-8(11(13)14)7-9(10)12/h3-4,7H,5-6H2,1-2H3,(H3,13,14). The van der Waals surface area contributed by atoms with Crippen molar-refractivity contribution in [2.45, 2.75) is 0 Å². The summed E-state index contributed by atoms with van der Waals surface area (Å²) in [7, 11) is -1.24. The molecule has 0 amide bonds. The van der Waals surface area contributed by atoms with Gasteiger partial charge >= 0.3 is 0 Å². The van der Waals surface area contributed by atoms with Crippen LogP contribution >= 0.6 is 11.6 Å². The molecular formula is C11H16ClN3O2S. The summed E-state index contributed by atoms with van der Waals surface area (Å²) in [6, 6.07) is 5.00. The van der Waals surface area contributed by atoms with Crippen molar-refractivity contribution in [3.05, 3.63) is 28.8 Å². The highest BCUT2D eigenvalue weighted by Gasteiger charge is 2.10. The summed E-state index contributed by atoms with van der Waals surface area (Å²) in [5.41, 5.74) is 6.61. The molecule has 0 heterocycles. The summed E-state index contributed by atoms with van der Waals surface area (Å²) >= 11 is 6.07. The van der Waals surface area contributed by atoms with Gasteiger partial charge in [0.1, 0.15) is 15.7 Å². The van der Waals surface area contributed by atoms with Crippen molar-refractivity contribution in [1.82, 2.24) is 0 Å². The third-order valence-electron chi connectivity index (χ3n) is 2.47. The fraction of sp³-hybridized carbons (Fsp3) is 0.364. The van der Waals surface area contributed by atoms with E-state index in [2.05, 4.69) is 0 Å². The Labute approximate surface area is 112 Å². The lowest BCUT2D eigenvalue weighted by Crippen LogP contribution is -2.25. The van der Waals surface area contributed by atoms with E-state index in [1.54, 1.807) is 30.1 Å². The minimum absolute atomic E-state index is 0.0535.